The van der Waals surface area contributed by atoms with E-state index in [1.165, 1.54) is 24.3 Å². The minimum absolute atomic E-state index is 0.0652. The summed E-state index contributed by atoms with van der Waals surface area (Å²) >= 11 is 0. The summed E-state index contributed by atoms with van der Waals surface area (Å²) in [5.74, 6) is -0.396. The molecule has 138 valence electrons. The normalized spacial score (nSPS) is 10.7. The standard InChI is InChI=1S/C22H16N2O4/c25-14-1-3-17(19(27)11-14)21-16(13-5-8-23-9-6-13)7-10-24-22(21)18-4-2-15(26)12-20(18)28/h1-12,25-28H. The average Bonchev–Trinajstić information content (AvgIpc) is 2.69. The van der Waals surface area contributed by atoms with Crippen molar-refractivity contribution in [1.29, 1.82) is 0 Å². The highest BCUT2D eigenvalue weighted by Gasteiger charge is 2.20. The van der Waals surface area contributed by atoms with Crippen LogP contribution in [0.3, 0.4) is 0 Å². The molecule has 0 atom stereocenters. The second-order valence-corrected chi connectivity index (χ2v) is 6.22. The molecule has 0 saturated heterocycles. The van der Waals surface area contributed by atoms with Crippen molar-refractivity contribution < 1.29 is 20.4 Å². The minimum Gasteiger partial charge on any atom is -0.508 e. The maximum Gasteiger partial charge on any atom is 0.128 e. The Morgan fingerprint density at radius 3 is 1.79 bits per heavy atom. The van der Waals surface area contributed by atoms with Crippen molar-refractivity contribution in [1.82, 2.24) is 9.97 Å². The van der Waals surface area contributed by atoms with Gasteiger partial charge in [-0.25, -0.2) is 0 Å². The molecule has 28 heavy (non-hydrogen) atoms. The maximum atomic E-state index is 10.5. The Hall–Kier alpha value is -4.06. The Balaban J connectivity index is 2.07. The number of aromatic nitrogens is 2. The summed E-state index contributed by atoms with van der Waals surface area (Å²) in [6, 6.07) is 14.0. The third-order valence-corrected chi connectivity index (χ3v) is 4.43. The zero-order valence-corrected chi connectivity index (χ0v) is 14.6. The van der Waals surface area contributed by atoms with Crippen molar-refractivity contribution in [2.45, 2.75) is 0 Å². The van der Waals surface area contributed by atoms with Crippen molar-refractivity contribution in [2.75, 3.05) is 0 Å². The fraction of sp³-hybridized carbons (Fsp3) is 0. The summed E-state index contributed by atoms with van der Waals surface area (Å²) in [4.78, 5) is 8.48. The molecule has 6 heteroatoms. The highest BCUT2D eigenvalue weighted by atomic mass is 16.3. The summed E-state index contributed by atoms with van der Waals surface area (Å²) in [5, 5.41) is 40.2. The van der Waals surface area contributed by atoms with E-state index in [1.54, 1.807) is 36.8 Å². The predicted octanol–water partition coefficient (Wildman–Crippen LogP) is 4.30. The number of benzene rings is 2. The summed E-state index contributed by atoms with van der Waals surface area (Å²) in [6.45, 7) is 0. The second kappa shape index (κ2) is 6.92. The molecule has 0 bridgehead atoms. The Labute approximate surface area is 160 Å². The van der Waals surface area contributed by atoms with E-state index in [0.29, 0.717) is 22.4 Å². The highest BCUT2D eigenvalue weighted by molar-refractivity contribution is 5.95. The third kappa shape index (κ3) is 3.07. The highest BCUT2D eigenvalue weighted by Crippen LogP contribution is 2.45. The van der Waals surface area contributed by atoms with Gasteiger partial charge < -0.3 is 20.4 Å². The van der Waals surface area contributed by atoms with Gasteiger partial charge in [-0.2, -0.15) is 0 Å². The van der Waals surface area contributed by atoms with Crippen LogP contribution in [0, 0.1) is 0 Å². The van der Waals surface area contributed by atoms with Crippen LogP contribution in [0.5, 0.6) is 23.0 Å². The quantitative estimate of drug-likeness (QED) is 0.427. The number of hydrogen-bond acceptors (Lipinski definition) is 6. The summed E-state index contributed by atoms with van der Waals surface area (Å²) in [6.07, 6.45) is 4.93. The molecule has 0 unspecified atom stereocenters. The molecule has 2 aromatic heterocycles. The molecule has 0 aliphatic carbocycles. The maximum absolute atomic E-state index is 10.5. The van der Waals surface area contributed by atoms with Crippen LogP contribution in [-0.2, 0) is 0 Å². The minimum atomic E-state index is -0.140. The molecule has 4 aromatic rings. The lowest BCUT2D eigenvalue weighted by atomic mass is 9.90. The first-order chi connectivity index (χ1) is 13.5. The first-order valence-corrected chi connectivity index (χ1v) is 8.48. The number of aromatic hydroxyl groups is 4. The summed E-state index contributed by atoms with van der Waals surface area (Å²) in [7, 11) is 0. The van der Waals surface area contributed by atoms with Crippen LogP contribution in [0.2, 0.25) is 0 Å². The molecule has 6 nitrogen and oxygen atoms in total. The van der Waals surface area contributed by atoms with Gasteiger partial charge in [-0.05, 0) is 53.6 Å². The van der Waals surface area contributed by atoms with Gasteiger partial charge in [-0.15, -0.1) is 0 Å². The molecule has 2 heterocycles. The van der Waals surface area contributed by atoms with Crippen molar-refractivity contribution in [3.8, 4) is 56.5 Å². The molecule has 0 fully saturated rings. The van der Waals surface area contributed by atoms with E-state index in [0.717, 1.165) is 11.1 Å². The van der Waals surface area contributed by atoms with E-state index in [1.807, 2.05) is 12.1 Å². The Bertz CT molecular complexity index is 1160. The largest absolute Gasteiger partial charge is 0.508 e. The second-order valence-electron chi connectivity index (χ2n) is 6.22. The number of hydrogen-bond donors (Lipinski definition) is 4. The molecule has 4 N–H and O–H groups in total. The smallest absolute Gasteiger partial charge is 0.128 e. The van der Waals surface area contributed by atoms with E-state index in [-0.39, 0.29) is 23.0 Å². The third-order valence-electron chi connectivity index (χ3n) is 4.43. The van der Waals surface area contributed by atoms with Crippen LogP contribution in [-0.4, -0.2) is 30.4 Å². The number of phenolic OH excluding ortho intramolecular Hbond substituents is 4. The number of nitrogens with zero attached hydrogens (tertiary/aromatic N) is 2. The lowest BCUT2D eigenvalue weighted by molar-refractivity contribution is 0.450. The Morgan fingerprint density at radius 2 is 1.18 bits per heavy atom. The predicted molar refractivity (Wildman–Crippen MR) is 105 cm³/mol. The van der Waals surface area contributed by atoms with E-state index in [4.69, 9.17) is 0 Å². The number of rotatable bonds is 3. The van der Waals surface area contributed by atoms with Crippen molar-refractivity contribution in [2.24, 2.45) is 0 Å². The van der Waals surface area contributed by atoms with Crippen LogP contribution in [0.25, 0.3) is 33.5 Å². The topological polar surface area (TPSA) is 107 Å². The van der Waals surface area contributed by atoms with Gasteiger partial charge in [0.25, 0.3) is 0 Å². The van der Waals surface area contributed by atoms with Crippen LogP contribution >= 0.6 is 0 Å². The molecule has 0 saturated carbocycles. The first kappa shape index (κ1) is 17.4. The molecular formula is C22H16N2O4. The monoisotopic (exact) mass is 372 g/mol. The molecular weight excluding hydrogens is 356 g/mol. The molecule has 0 aliphatic rings. The molecule has 0 radical (unpaired) electrons. The molecule has 0 amide bonds. The van der Waals surface area contributed by atoms with Gasteiger partial charge in [0.15, 0.2) is 0 Å². The Morgan fingerprint density at radius 1 is 0.571 bits per heavy atom. The lowest BCUT2D eigenvalue weighted by Crippen LogP contribution is -1.94. The van der Waals surface area contributed by atoms with E-state index >= 15 is 0 Å². The van der Waals surface area contributed by atoms with Crippen molar-refractivity contribution in [3.63, 3.8) is 0 Å². The van der Waals surface area contributed by atoms with Gasteiger partial charge in [0.2, 0.25) is 0 Å². The lowest BCUT2D eigenvalue weighted by Gasteiger charge is -2.17. The molecule has 0 aliphatic heterocycles. The van der Waals surface area contributed by atoms with Crippen LogP contribution in [0.15, 0.2) is 73.2 Å². The van der Waals surface area contributed by atoms with Crippen LogP contribution < -0.4 is 0 Å². The van der Waals surface area contributed by atoms with E-state index in [2.05, 4.69) is 9.97 Å². The van der Waals surface area contributed by atoms with Crippen LogP contribution in [0.4, 0.5) is 0 Å². The number of pyridine rings is 2. The number of phenols is 4. The van der Waals surface area contributed by atoms with Gasteiger partial charge in [0, 0.05) is 47.4 Å². The fourth-order valence-corrected chi connectivity index (χ4v) is 3.16. The summed E-state index contributed by atoms with van der Waals surface area (Å²) in [5.41, 5.74) is 3.46. The SMILES string of the molecule is Oc1ccc(-c2nccc(-c3ccncc3)c2-c2ccc(O)cc2O)c(O)c1. The first-order valence-electron chi connectivity index (χ1n) is 8.48. The van der Waals surface area contributed by atoms with Gasteiger partial charge >= 0.3 is 0 Å². The zero-order chi connectivity index (χ0) is 19.7. The summed E-state index contributed by atoms with van der Waals surface area (Å²) < 4.78 is 0. The molecule has 4 rings (SSSR count). The van der Waals surface area contributed by atoms with Gasteiger partial charge in [0.05, 0.1) is 5.69 Å². The van der Waals surface area contributed by atoms with E-state index < -0.39 is 0 Å². The van der Waals surface area contributed by atoms with Crippen molar-refractivity contribution in [3.05, 3.63) is 73.2 Å². The molecule has 0 spiro atoms. The van der Waals surface area contributed by atoms with Gasteiger partial charge in [-0.1, -0.05) is 0 Å². The van der Waals surface area contributed by atoms with E-state index in [9.17, 15) is 20.4 Å². The average molecular weight is 372 g/mol. The fourth-order valence-electron chi connectivity index (χ4n) is 3.16. The van der Waals surface area contributed by atoms with Gasteiger partial charge in [-0.3, -0.25) is 9.97 Å². The van der Waals surface area contributed by atoms with Crippen molar-refractivity contribution >= 4 is 0 Å². The molecule has 2 aromatic carbocycles. The van der Waals surface area contributed by atoms with Gasteiger partial charge in [0.1, 0.15) is 23.0 Å². The Kier molecular flexibility index (Phi) is 4.29. The van der Waals surface area contributed by atoms with Crippen LogP contribution in [0.1, 0.15) is 0 Å². The zero-order valence-electron chi connectivity index (χ0n) is 14.6.